The average Bonchev–Trinajstić information content (AvgIpc) is 3.24. The number of hydrogen-bond acceptors (Lipinski definition) is 3. The van der Waals surface area contributed by atoms with Crippen molar-refractivity contribution in [2.45, 2.75) is 38.3 Å². The van der Waals surface area contributed by atoms with Crippen molar-refractivity contribution in [2.75, 3.05) is 6.61 Å². The third-order valence-corrected chi connectivity index (χ3v) is 5.74. The topological polar surface area (TPSA) is 64.3 Å². The van der Waals surface area contributed by atoms with Crippen LogP contribution in [0.5, 0.6) is 5.75 Å². The molecule has 0 bridgehead atoms. The summed E-state index contributed by atoms with van der Waals surface area (Å²) >= 11 is 0. The van der Waals surface area contributed by atoms with Gasteiger partial charge in [0, 0.05) is 6.20 Å². The molecule has 0 unspecified atom stereocenters. The highest BCUT2D eigenvalue weighted by molar-refractivity contribution is 5.87. The Kier molecular flexibility index (Phi) is 5.57. The van der Waals surface area contributed by atoms with E-state index in [2.05, 4.69) is 5.10 Å². The van der Waals surface area contributed by atoms with Gasteiger partial charge in [-0.15, -0.1) is 0 Å². The molecule has 5 nitrogen and oxygen atoms in total. The first-order valence-corrected chi connectivity index (χ1v) is 10.2. The Morgan fingerprint density at radius 1 is 1.20 bits per heavy atom. The lowest BCUT2D eigenvalue weighted by molar-refractivity contribution is 0.0696. The van der Waals surface area contributed by atoms with Crippen LogP contribution >= 0.6 is 0 Å². The van der Waals surface area contributed by atoms with Crippen LogP contribution in [0.4, 0.5) is 4.39 Å². The number of carboxylic acid groups (broad SMARTS) is 1. The first-order valence-electron chi connectivity index (χ1n) is 10.2. The fourth-order valence-corrected chi connectivity index (χ4v) is 3.83. The van der Waals surface area contributed by atoms with Crippen LogP contribution in [-0.2, 0) is 0 Å². The van der Waals surface area contributed by atoms with Crippen molar-refractivity contribution >= 4 is 5.97 Å². The maximum absolute atomic E-state index is 14.0. The van der Waals surface area contributed by atoms with Crippen molar-refractivity contribution in [2.24, 2.45) is 5.92 Å². The second-order valence-electron chi connectivity index (χ2n) is 8.22. The van der Waals surface area contributed by atoms with Crippen LogP contribution in [0.25, 0.3) is 16.8 Å². The van der Waals surface area contributed by atoms with Crippen molar-refractivity contribution in [1.29, 1.82) is 0 Å². The Labute approximate surface area is 175 Å². The summed E-state index contributed by atoms with van der Waals surface area (Å²) in [5, 5.41) is 13.2. The zero-order chi connectivity index (χ0) is 21.1. The maximum Gasteiger partial charge on any atom is 0.338 e. The molecule has 0 saturated heterocycles. The first kappa shape index (κ1) is 20.1. The summed E-state index contributed by atoms with van der Waals surface area (Å²) in [6.07, 6.45) is 5.75. The van der Waals surface area contributed by atoms with E-state index in [0.717, 1.165) is 35.4 Å². The van der Waals surface area contributed by atoms with Gasteiger partial charge in [-0.2, -0.15) is 5.10 Å². The smallest absolute Gasteiger partial charge is 0.338 e. The summed E-state index contributed by atoms with van der Waals surface area (Å²) < 4.78 is 21.5. The van der Waals surface area contributed by atoms with Crippen LogP contribution in [0.3, 0.4) is 0 Å². The molecule has 0 radical (unpaired) electrons. The zero-order valence-corrected chi connectivity index (χ0v) is 16.9. The normalized spacial score (nSPS) is 21.3. The van der Waals surface area contributed by atoms with Crippen molar-refractivity contribution in [3.63, 3.8) is 0 Å². The molecule has 6 heteroatoms. The van der Waals surface area contributed by atoms with E-state index >= 15 is 0 Å². The summed E-state index contributed by atoms with van der Waals surface area (Å²) in [7, 11) is 0. The van der Waals surface area contributed by atoms with E-state index in [0.29, 0.717) is 25.4 Å². The lowest BCUT2D eigenvalue weighted by Gasteiger charge is -2.30. The van der Waals surface area contributed by atoms with Crippen molar-refractivity contribution in [1.82, 2.24) is 9.78 Å². The molecule has 4 rings (SSSR count). The standard InChI is InChI=1S/C24H25FN2O3/c1-24(25)10-8-17(9-11-24)16-30-22-7-3-5-19(13-22)18-4-2-6-21(12-18)27-15-20(14-26-27)23(28)29/h2-7,12-15,17H,8-11,16H2,1H3,(H,28,29). The fraction of sp³-hybridized carbons (Fsp3) is 0.333. The predicted octanol–water partition coefficient (Wildman–Crippen LogP) is 5.53. The summed E-state index contributed by atoms with van der Waals surface area (Å²) in [6.45, 7) is 2.29. The molecule has 1 aliphatic carbocycles. The molecule has 156 valence electrons. The van der Waals surface area contributed by atoms with Gasteiger partial charge in [0.15, 0.2) is 0 Å². The Morgan fingerprint density at radius 3 is 2.60 bits per heavy atom. The van der Waals surface area contributed by atoms with E-state index in [-0.39, 0.29) is 5.56 Å². The summed E-state index contributed by atoms with van der Waals surface area (Å²) in [4.78, 5) is 11.1. The number of nitrogens with zero attached hydrogens (tertiary/aromatic N) is 2. The van der Waals surface area contributed by atoms with E-state index in [1.54, 1.807) is 11.6 Å². The molecule has 0 spiro atoms. The molecule has 30 heavy (non-hydrogen) atoms. The van der Waals surface area contributed by atoms with E-state index in [4.69, 9.17) is 9.84 Å². The van der Waals surface area contributed by atoms with Gasteiger partial charge in [-0.25, -0.2) is 13.9 Å². The number of rotatable bonds is 6. The average molecular weight is 408 g/mol. The Hall–Kier alpha value is -3.15. The Morgan fingerprint density at radius 2 is 1.90 bits per heavy atom. The van der Waals surface area contributed by atoms with Crippen LogP contribution in [0, 0.1) is 5.92 Å². The van der Waals surface area contributed by atoms with Crippen molar-refractivity contribution in [3.05, 3.63) is 66.5 Å². The number of aromatic carboxylic acids is 1. The van der Waals surface area contributed by atoms with Crippen LogP contribution in [0.2, 0.25) is 0 Å². The second kappa shape index (κ2) is 8.30. The third-order valence-electron chi connectivity index (χ3n) is 5.74. The molecule has 0 amide bonds. The summed E-state index contributed by atoms with van der Waals surface area (Å²) in [5.74, 6) is 0.180. The highest BCUT2D eigenvalue weighted by atomic mass is 19.1. The molecule has 0 aliphatic heterocycles. The van der Waals surface area contributed by atoms with Gasteiger partial charge >= 0.3 is 5.97 Å². The monoisotopic (exact) mass is 408 g/mol. The number of benzene rings is 2. The lowest BCUT2D eigenvalue weighted by atomic mass is 9.81. The van der Waals surface area contributed by atoms with Crippen LogP contribution in [0.1, 0.15) is 43.0 Å². The quantitative estimate of drug-likeness (QED) is 0.582. The third kappa shape index (κ3) is 4.70. The molecule has 3 aromatic rings. The molecule has 1 N–H and O–H groups in total. The molecule has 1 saturated carbocycles. The van der Waals surface area contributed by atoms with Crippen molar-refractivity contribution < 1.29 is 19.0 Å². The number of ether oxygens (including phenoxy) is 1. The minimum absolute atomic E-state index is 0.145. The number of alkyl halides is 1. The minimum Gasteiger partial charge on any atom is -0.493 e. The molecule has 1 fully saturated rings. The zero-order valence-electron chi connectivity index (χ0n) is 16.9. The number of carboxylic acids is 1. The number of hydrogen-bond donors (Lipinski definition) is 1. The highest BCUT2D eigenvalue weighted by Gasteiger charge is 2.30. The predicted molar refractivity (Wildman–Crippen MR) is 113 cm³/mol. The number of aromatic nitrogens is 2. The SMILES string of the molecule is CC1(F)CCC(COc2cccc(-c3cccc(-n4cc(C(=O)O)cn4)c3)c2)CC1. The molecule has 1 aliphatic rings. The van der Waals surface area contributed by atoms with E-state index in [9.17, 15) is 9.18 Å². The largest absolute Gasteiger partial charge is 0.493 e. The Bertz CT molecular complexity index is 1030. The molecule has 0 atom stereocenters. The Balaban J connectivity index is 1.46. The van der Waals surface area contributed by atoms with Gasteiger partial charge in [0.25, 0.3) is 0 Å². The molecule has 1 heterocycles. The maximum atomic E-state index is 14.0. The van der Waals surface area contributed by atoms with Gasteiger partial charge in [-0.3, -0.25) is 0 Å². The van der Waals surface area contributed by atoms with E-state index in [1.165, 1.54) is 12.4 Å². The van der Waals surface area contributed by atoms with E-state index < -0.39 is 11.6 Å². The summed E-state index contributed by atoms with van der Waals surface area (Å²) in [6, 6.07) is 15.6. The van der Waals surface area contributed by atoms with Crippen LogP contribution in [0.15, 0.2) is 60.9 Å². The molecular weight excluding hydrogens is 383 g/mol. The first-order chi connectivity index (χ1) is 14.4. The molecule has 1 aromatic heterocycles. The molecule has 2 aromatic carbocycles. The van der Waals surface area contributed by atoms with Gasteiger partial charge in [0.2, 0.25) is 0 Å². The van der Waals surface area contributed by atoms with Gasteiger partial charge in [0.1, 0.15) is 11.4 Å². The second-order valence-corrected chi connectivity index (χ2v) is 8.22. The number of halogens is 1. The van der Waals surface area contributed by atoms with Gasteiger partial charge in [-0.1, -0.05) is 24.3 Å². The van der Waals surface area contributed by atoms with Gasteiger partial charge < -0.3 is 9.84 Å². The minimum atomic E-state index is -1.03. The van der Waals surface area contributed by atoms with E-state index in [1.807, 2.05) is 48.5 Å². The molecular formula is C24H25FN2O3. The lowest BCUT2D eigenvalue weighted by Crippen LogP contribution is -2.28. The highest BCUT2D eigenvalue weighted by Crippen LogP contribution is 2.35. The number of carbonyl (C=O) groups is 1. The van der Waals surface area contributed by atoms with Crippen LogP contribution < -0.4 is 4.74 Å². The van der Waals surface area contributed by atoms with Gasteiger partial charge in [-0.05, 0) is 73.9 Å². The van der Waals surface area contributed by atoms with Crippen molar-refractivity contribution in [3.8, 4) is 22.6 Å². The van der Waals surface area contributed by atoms with Crippen LogP contribution in [-0.4, -0.2) is 33.1 Å². The fourth-order valence-electron chi connectivity index (χ4n) is 3.83. The summed E-state index contributed by atoms with van der Waals surface area (Å²) in [5.41, 5.74) is 1.88. The van der Waals surface area contributed by atoms with Gasteiger partial charge in [0.05, 0.1) is 24.1 Å².